The highest BCUT2D eigenvalue weighted by Gasteiger charge is 2.37. The standard InChI is InChI=1S/C21H22N2O3S/c1-13(15-6-7-15)23(16-8-10-17(25-3)11-9-16)21(24)19-14(2)26-20(22-19)18-5-4-12-27-18/h4-5,8-13,15H,6-7H2,1-3H3. The number of methoxy groups -OCH3 is 1. The number of aryl methyl sites for hydroxylation is 1. The number of ether oxygens (including phenoxy) is 1. The third kappa shape index (κ3) is 3.49. The van der Waals surface area contributed by atoms with Crippen LogP contribution >= 0.6 is 11.3 Å². The molecule has 0 N–H and O–H groups in total. The first kappa shape index (κ1) is 17.8. The van der Waals surface area contributed by atoms with Crippen molar-refractivity contribution in [3.63, 3.8) is 0 Å². The predicted molar refractivity (Wildman–Crippen MR) is 107 cm³/mol. The van der Waals surface area contributed by atoms with Gasteiger partial charge in [-0.2, -0.15) is 0 Å². The first-order valence-electron chi connectivity index (χ1n) is 9.07. The maximum absolute atomic E-state index is 13.5. The molecule has 27 heavy (non-hydrogen) atoms. The second kappa shape index (κ2) is 7.19. The molecule has 1 unspecified atom stereocenters. The predicted octanol–water partition coefficient (Wildman–Crippen LogP) is 5.17. The lowest BCUT2D eigenvalue weighted by Crippen LogP contribution is -2.40. The van der Waals surface area contributed by atoms with Crippen LogP contribution in [-0.4, -0.2) is 24.0 Å². The first-order valence-corrected chi connectivity index (χ1v) is 9.95. The molecule has 1 saturated carbocycles. The summed E-state index contributed by atoms with van der Waals surface area (Å²) in [6.07, 6.45) is 2.30. The van der Waals surface area contributed by atoms with Crippen molar-refractivity contribution < 1.29 is 13.9 Å². The SMILES string of the molecule is COc1ccc(N(C(=O)c2nc(-c3cccs3)oc2C)C(C)C2CC2)cc1. The molecule has 0 bridgehead atoms. The molecule has 0 radical (unpaired) electrons. The van der Waals surface area contributed by atoms with Crippen molar-refractivity contribution in [1.82, 2.24) is 4.98 Å². The van der Waals surface area contributed by atoms with Gasteiger partial charge >= 0.3 is 0 Å². The van der Waals surface area contributed by atoms with E-state index >= 15 is 0 Å². The molecule has 1 atom stereocenters. The van der Waals surface area contributed by atoms with Gasteiger partial charge in [-0.25, -0.2) is 4.98 Å². The number of oxazole rings is 1. The van der Waals surface area contributed by atoms with Gasteiger partial charge in [0.15, 0.2) is 5.69 Å². The van der Waals surface area contributed by atoms with E-state index < -0.39 is 0 Å². The number of carbonyl (C=O) groups excluding carboxylic acids is 1. The zero-order valence-corrected chi connectivity index (χ0v) is 16.5. The van der Waals surface area contributed by atoms with Gasteiger partial charge in [-0.3, -0.25) is 4.79 Å². The highest BCUT2D eigenvalue weighted by Crippen LogP contribution is 2.38. The highest BCUT2D eigenvalue weighted by atomic mass is 32.1. The van der Waals surface area contributed by atoms with Crippen LogP contribution in [0, 0.1) is 12.8 Å². The molecule has 6 heteroatoms. The normalized spacial score (nSPS) is 14.8. The van der Waals surface area contributed by atoms with Crippen molar-refractivity contribution in [3.05, 3.63) is 53.2 Å². The largest absolute Gasteiger partial charge is 0.497 e. The van der Waals surface area contributed by atoms with Gasteiger partial charge in [0.05, 0.1) is 12.0 Å². The number of carbonyl (C=O) groups is 1. The van der Waals surface area contributed by atoms with Crippen LogP contribution in [0.4, 0.5) is 5.69 Å². The van der Waals surface area contributed by atoms with E-state index in [-0.39, 0.29) is 11.9 Å². The Morgan fingerprint density at radius 3 is 2.63 bits per heavy atom. The molecule has 1 aliphatic rings. The number of hydrogen-bond donors (Lipinski definition) is 0. The zero-order valence-electron chi connectivity index (χ0n) is 15.6. The summed E-state index contributed by atoms with van der Waals surface area (Å²) in [6.45, 7) is 3.90. The molecular formula is C21H22N2O3S. The van der Waals surface area contributed by atoms with Crippen LogP contribution in [-0.2, 0) is 0 Å². The fourth-order valence-electron chi connectivity index (χ4n) is 3.28. The van der Waals surface area contributed by atoms with Crippen molar-refractivity contribution in [3.8, 4) is 16.5 Å². The molecule has 3 aromatic rings. The maximum Gasteiger partial charge on any atom is 0.280 e. The summed E-state index contributed by atoms with van der Waals surface area (Å²) in [5.74, 6) is 2.22. The summed E-state index contributed by atoms with van der Waals surface area (Å²) in [5, 5.41) is 1.97. The molecule has 1 aliphatic carbocycles. The topological polar surface area (TPSA) is 55.6 Å². The second-order valence-electron chi connectivity index (χ2n) is 6.85. The average Bonchev–Trinajstić information content (AvgIpc) is 3.24. The molecule has 2 heterocycles. The molecule has 0 spiro atoms. The Bertz CT molecular complexity index is 927. The minimum Gasteiger partial charge on any atom is -0.497 e. The number of thiophene rings is 1. The summed E-state index contributed by atoms with van der Waals surface area (Å²) in [4.78, 5) is 20.7. The summed E-state index contributed by atoms with van der Waals surface area (Å²) >= 11 is 1.54. The first-order chi connectivity index (χ1) is 13.1. The highest BCUT2D eigenvalue weighted by molar-refractivity contribution is 7.13. The van der Waals surface area contributed by atoms with E-state index in [0.717, 1.165) is 29.2 Å². The van der Waals surface area contributed by atoms with Crippen LogP contribution in [0.5, 0.6) is 5.75 Å². The van der Waals surface area contributed by atoms with E-state index in [2.05, 4.69) is 11.9 Å². The lowest BCUT2D eigenvalue weighted by Gasteiger charge is -2.29. The van der Waals surface area contributed by atoms with Crippen molar-refractivity contribution >= 4 is 22.9 Å². The van der Waals surface area contributed by atoms with Crippen LogP contribution in [0.2, 0.25) is 0 Å². The molecule has 4 rings (SSSR count). The zero-order chi connectivity index (χ0) is 19.0. The van der Waals surface area contributed by atoms with Gasteiger partial charge in [0.2, 0.25) is 5.89 Å². The Balaban J connectivity index is 1.70. The Morgan fingerprint density at radius 2 is 2.04 bits per heavy atom. The van der Waals surface area contributed by atoms with E-state index in [0.29, 0.717) is 23.3 Å². The van der Waals surface area contributed by atoms with Crippen LogP contribution in [0.15, 0.2) is 46.2 Å². The average molecular weight is 382 g/mol. The number of amides is 1. The van der Waals surface area contributed by atoms with Crippen molar-refractivity contribution in [2.45, 2.75) is 32.7 Å². The number of aromatic nitrogens is 1. The van der Waals surface area contributed by atoms with Gasteiger partial charge in [-0.1, -0.05) is 6.07 Å². The molecular weight excluding hydrogens is 360 g/mol. The van der Waals surface area contributed by atoms with Crippen LogP contribution in [0.25, 0.3) is 10.8 Å². The summed E-state index contributed by atoms with van der Waals surface area (Å²) in [7, 11) is 1.63. The van der Waals surface area contributed by atoms with Gasteiger partial charge < -0.3 is 14.1 Å². The van der Waals surface area contributed by atoms with Crippen LogP contribution in [0.3, 0.4) is 0 Å². The summed E-state index contributed by atoms with van der Waals surface area (Å²) < 4.78 is 11.0. The summed E-state index contributed by atoms with van der Waals surface area (Å²) in [6, 6.07) is 11.6. The third-order valence-electron chi connectivity index (χ3n) is 5.01. The van der Waals surface area contributed by atoms with E-state index in [1.54, 1.807) is 25.4 Å². The van der Waals surface area contributed by atoms with Crippen LogP contribution in [0.1, 0.15) is 36.0 Å². The third-order valence-corrected chi connectivity index (χ3v) is 5.87. The minimum atomic E-state index is -0.122. The minimum absolute atomic E-state index is 0.104. The molecule has 5 nitrogen and oxygen atoms in total. The van der Waals surface area contributed by atoms with Crippen molar-refractivity contribution in [1.29, 1.82) is 0 Å². The van der Waals surface area contributed by atoms with Crippen molar-refractivity contribution in [2.24, 2.45) is 5.92 Å². The van der Waals surface area contributed by atoms with Gasteiger partial charge in [-0.05, 0) is 68.3 Å². The van der Waals surface area contributed by atoms with E-state index in [4.69, 9.17) is 9.15 Å². The lowest BCUT2D eigenvalue weighted by molar-refractivity contribution is 0.0970. The van der Waals surface area contributed by atoms with E-state index in [1.165, 1.54) is 0 Å². The summed E-state index contributed by atoms with van der Waals surface area (Å²) in [5.41, 5.74) is 1.22. The molecule has 2 aromatic heterocycles. The molecule has 1 aromatic carbocycles. The maximum atomic E-state index is 13.5. The van der Waals surface area contributed by atoms with Gasteiger partial charge in [0, 0.05) is 11.7 Å². The second-order valence-corrected chi connectivity index (χ2v) is 7.80. The molecule has 1 amide bonds. The Labute approximate surface area is 162 Å². The van der Waals surface area contributed by atoms with Gasteiger partial charge in [0.1, 0.15) is 11.5 Å². The fraction of sp³-hybridized carbons (Fsp3) is 0.333. The Hall–Kier alpha value is -2.60. The number of rotatable bonds is 6. The quantitative estimate of drug-likeness (QED) is 0.590. The fourth-order valence-corrected chi connectivity index (χ4v) is 3.93. The molecule has 1 fully saturated rings. The van der Waals surface area contributed by atoms with E-state index in [9.17, 15) is 4.79 Å². The number of anilines is 1. The Kier molecular flexibility index (Phi) is 4.74. The van der Waals surface area contributed by atoms with Gasteiger partial charge in [-0.15, -0.1) is 11.3 Å². The Morgan fingerprint density at radius 1 is 1.30 bits per heavy atom. The number of hydrogen-bond acceptors (Lipinski definition) is 5. The van der Waals surface area contributed by atoms with Gasteiger partial charge in [0.25, 0.3) is 5.91 Å². The molecule has 0 saturated heterocycles. The number of nitrogens with zero attached hydrogens (tertiary/aromatic N) is 2. The molecule has 0 aliphatic heterocycles. The van der Waals surface area contributed by atoms with E-state index in [1.807, 2.05) is 46.7 Å². The number of benzene rings is 1. The molecule has 140 valence electrons. The lowest BCUT2D eigenvalue weighted by atomic mass is 10.1. The van der Waals surface area contributed by atoms with Crippen LogP contribution < -0.4 is 9.64 Å². The smallest absolute Gasteiger partial charge is 0.280 e. The van der Waals surface area contributed by atoms with Crippen molar-refractivity contribution in [2.75, 3.05) is 12.0 Å². The monoisotopic (exact) mass is 382 g/mol.